The second-order valence-corrected chi connectivity index (χ2v) is 5.94. The van der Waals surface area contributed by atoms with E-state index in [1.807, 2.05) is 38.1 Å². The number of halogens is 1. The topological polar surface area (TPSA) is 37.3 Å². The van der Waals surface area contributed by atoms with Crippen molar-refractivity contribution in [1.29, 1.82) is 0 Å². The molecule has 0 saturated carbocycles. The van der Waals surface area contributed by atoms with Crippen molar-refractivity contribution in [1.82, 2.24) is 0 Å². The van der Waals surface area contributed by atoms with Crippen LogP contribution < -0.4 is 0 Å². The molecule has 0 heterocycles. The van der Waals surface area contributed by atoms with Gasteiger partial charge in [-0.1, -0.05) is 29.8 Å². The third-order valence-corrected chi connectivity index (χ3v) is 4.84. The molecule has 0 aliphatic carbocycles. The van der Waals surface area contributed by atoms with Gasteiger partial charge in [0.25, 0.3) is 0 Å². The molecule has 0 bridgehead atoms. The van der Waals surface area contributed by atoms with Crippen LogP contribution in [0, 0.1) is 0 Å². The molecule has 0 radical (unpaired) electrons. The first-order valence-electron chi connectivity index (χ1n) is 5.22. The SMILES string of the molecule is CCC(CC)(Sc1ccc(Br)cc1)C(=O)O. The highest BCUT2D eigenvalue weighted by molar-refractivity contribution is 9.10. The summed E-state index contributed by atoms with van der Waals surface area (Å²) in [4.78, 5) is 12.3. The lowest BCUT2D eigenvalue weighted by Crippen LogP contribution is -2.33. The largest absolute Gasteiger partial charge is 0.480 e. The van der Waals surface area contributed by atoms with E-state index in [-0.39, 0.29) is 0 Å². The summed E-state index contributed by atoms with van der Waals surface area (Å²) in [5.41, 5.74) is 0. The van der Waals surface area contributed by atoms with E-state index >= 15 is 0 Å². The Labute approximate surface area is 109 Å². The van der Waals surface area contributed by atoms with Gasteiger partial charge in [0.2, 0.25) is 0 Å². The highest BCUT2D eigenvalue weighted by Gasteiger charge is 2.35. The van der Waals surface area contributed by atoms with Crippen molar-refractivity contribution >= 4 is 33.7 Å². The molecule has 0 atom stereocenters. The molecule has 16 heavy (non-hydrogen) atoms. The fourth-order valence-corrected chi connectivity index (χ4v) is 2.83. The summed E-state index contributed by atoms with van der Waals surface area (Å²) >= 11 is 4.80. The number of carbonyl (C=O) groups is 1. The summed E-state index contributed by atoms with van der Waals surface area (Å²) in [6.07, 6.45) is 1.25. The summed E-state index contributed by atoms with van der Waals surface area (Å²) in [6.45, 7) is 3.84. The molecule has 0 aliphatic heterocycles. The molecule has 4 heteroatoms. The quantitative estimate of drug-likeness (QED) is 0.829. The predicted octanol–water partition coefficient (Wildman–Crippen LogP) is 4.18. The van der Waals surface area contributed by atoms with Crippen LogP contribution in [-0.4, -0.2) is 15.8 Å². The second kappa shape index (κ2) is 5.73. The first-order chi connectivity index (χ1) is 7.54. The van der Waals surface area contributed by atoms with Crippen molar-refractivity contribution in [3.8, 4) is 0 Å². The van der Waals surface area contributed by atoms with Gasteiger partial charge in [-0.2, -0.15) is 0 Å². The Morgan fingerprint density at radius 3 is 2.19 bits per heavy atom. The van der Waals surface area contributed by atoms with Crippen LogP contribution in [0.25, 0.3) is 0 Å². The minimum Gasteiger partial charge on any atom is -0.480 e. The fourth-order valence-electron chi connectivity index (χ4n) is 1.47. The number of benzene rings is 1. The molecular weight excluding hydrogens is 288 g/mol. The average molecular weight is 303 g/mol. The van der Waals surface area contributed by atoms with E-state index in [1.54, 1.807) is 0 Å². The first-order valence-corrected chi connectivity index (χ1v) is 6.83. The van der Waals surface area contributed by atoms with Crippen LogP contribution in [-0.2, 0) is 4.79 Å². The molecule has 88 valence electrons. The Bertz CT molecular complexity index is 358. The maximum Gasteiger partial charge on any atom is 0.320 e. The van der Waals surface area contributed by atoms with Gasteiger partial charge in [-0.3, -0.25) is 4.79 Å². The van der Waals surface area contributed by atoms with Gasteiger partial charge in [0.05, 0.1) is 0 Å². The molecule has 1 aromatic carbocycles. The minimum absolute atomic E-state index is 0.625. The monoisotopic (exact) mass is 302 g/mol. The van der Waals surface area contributed by atoms with Crippen LogP contribution in [0.4, 0.5) is 0 Å². The van der Waals surface area contributed by atoms with Crippen LogP contribution in [0.2, 0.25) is 0 Å². The molecule has 1 aromatic rings. The van der Waals surface area contributed by atoms with Gasteiger partial charge in [-0.15, -0.1) is 11.8 Å². The molecule has 1 rings (SSSR count). The van der Waals surface area contributed by atoms with Crippen molar-refractivity contribution in [3.63, 3.8) is 0 Å². The number of rotatable bonds is 5. The first kappa shape index (κ1) is 13.6. The van der Waals surface area contributed by atoms with E-state index in [9.17, 15) is 9.90 Å². The lowest BCUT2D eigenvalue weighted by Gasteiger charge is -2.25. The molecule has 0 amide bonds. The molecule has 1 N–H and O–H groups in total. The molecule has 0 unspecified atom stereocenters. The van der Waals surface area contributed by atoms with Crippen LogP contribution in [0.1, 0.15) is 26.7 Å². The molecular formula is C12H15BrO2S. The zero-order valence-corrected chi connectivity index (χ0v) is 11.8. The van der Waals surface area contributed by atoms with Crippen LogP contribution >= 0.6 is 27.7 Å². The Morgan fingerprint density at radius 1 is 1.31 bits per heavy atom. The fraction of sp³-hybridized carbons (Fsp3) is 0.417. The smallest absolute Gasteiger partial charge is 0.320 e. The Balaban J connectivity index is 2.91. The predicted molar refractivity (Wildman–Crippen MR) is 70.9 cm³/mol. The van der Waals surface area contributed by atoms with Gasteiger partial charge >= 0.3 is 5.97 Å². The minimum atomic E-state index is -0.731. The second-order valence-electron chi connectivity index (χ2n) is 3.56. The van der Waals surface area contributed by atoms with E-state index in [1.165, 1.54) is 11.8 Å². The lowest BCUT2D eigenvalue weighted by molar-refractivity contribution is -0.140. The summed E-state index contributed by atoms with van der Waals surface area (Å²) in [6, 6.07) is 7.75. The van der Waals surface area contributed by atoms with Crippen LogP contribution in [0.15, 0.2) is 33.6 Å². The van der Waals surface area contributed by atoms with Gasteiger partial charge < -0.3 is 5.11 Å². The Kier molecular flexibility index (Phi) is 4.87. The van der Waals surface area contributed by atoms with Crippen molar-refractivity contribution in [2.24, 2.45) is 0 Å². The van der Waals surface area contributed by atoms with E-state index in [0.29, 0.717) is 12.8 Å². The van der Waals surface area contributed by atoms with Gasteiger partial charge in [0, 0.05) is 9.37 Å². The van der Waals surface area contributed by atoms with Crippen LogP contribution in [0.5, 0.6) is 0 Å². The van der Waals surface area contributed by atoms with Gasteiger partial charge in [-0.25, -0.2) is 0 Å². The zero-order valence-electron chi connectivity index (χ0n) is 9.37. The van der Waals surface area contributed by atoms with Crippen LogP contribution in [0.3, 0.4) is 0 Å². The van der Waals surface area contributed by atoms with E-state index in [4.69, 9.17) is 0 Å². The van der Waals surface area contributed by atoms with E-state index < -0.39 is 10.7 Å². The molecule has 0 aromatic heterocycles. The summed E-state index contributed by atoms with van der Waals surface area (Å²) in [5.74, 6) is -0.731. The number of hydrogen-bond donors (Lipinski definition) is 1. The summed E-state index contributed by atoms with van der Waals surface area (Å²) < 4.78 is 0.305. The lowest BCUT2D eigenvalue weighted by atomic mass is 10.0. The van der Waals surface area contributed by atoms with Gasteiger partial charge in [0.15, 0.2) is 0 Å². The third-order valence-electron chi connectivity index (χ3n) is 2.66. The van der Waals surface area contributed by atoms with Gasteiger partial charge in [0.1, 0.15) is 4.75 Å². The Morgan fingerprint density at radius 2 is 1.81 bits per heavy atom. The third kappa shape index (κ3) is 3.01. The number of carboxylic acids is 1. The van der Waals surface area contributed by atoms with E-state index in [2.05, 4.69) is 15.9 Å². The number of hydrogen-bond acceptors (Lipinski definition) is 2. The molecule has 0 aliphatic rings. The maximum atomic E-state index is 11.3. The van der Waals surface area contributed by atoms with Crippen molar-refractivity contribution in [3.05, 3.63) is 28.7 Å². The number of thioether (sulfide) groups is 1. The van der Waals surface area contributed by atoms with E-state index in [0.717, 1.165) is 9.37 Å². The summed E-state index contributed by atoms with van der Waals surface area (Å²) in [7, 11) is 0. The number of carboxylic acid groups (broad SMARTS) is 1. The van der Waals surface area contributed by atoms with Crippen molar-refractivity contribution in [2.75, 3.05) is 0 Å². The summed E-state index contributed by atoms with van der Waals surface area (Å²) in [5, 5.41) is 9.31. The van der Waals surface area contributed by atoms with Gasteiger partial charge in [-0.05, 0) is 37.1 Å². The molecule has 0 saturated heterocycles. The highest BCUT2D eigenvalue weighted by Crippen LogP contribution is 2.38. The number of aliphatic carboxylic acids is 1. The Hall–Kier alpha value is -0.480. The maximum absolute atomic E-state index is 11.3. The average Bonchev–Trinajstić information content (AvgIpc) is 2.28. The molecule has 0 fully saturated rings. The van der Waals surface area contributed by atoms with Crippen molar-refractivity contribution in [2.45, 2.75) is 36.3 Å². The normalized spacial score (nSPS) is 11.4. The zero-order chi connectivity index (χ0) is 12.2. The molecule has 0 spiro atoms. The molecule has 2 nitrogen and oxygen atoms in total. The van der Waals surface area contributed by atoms with Crippen molar-refractivity contribution < 1.29 is 9.90 Å². The standard InChI is InChI=1S/C12H15BrO2S/c1-3-12(4-2,11(14)15)16-10-7-5-9(13)6-8-10/h5-8H,3-4H2,1-2H3,(H,14,15). The highest BCUT2D eigenvalue weighted by atomic mass is 79.9.